The third-order valence-corrected chi connectivity index (χ3v) is 2.35. The van der Waals surface area contributed by atoms with Crippen LogP contribution in [0.15, 0.2) is 53.7 Å². The van der Waals surface area contributed by atoms with Gasteiger partial charge in [-0.3, -0.25) is 0 Å². The first-order valence-electron chi connectivity index (χ1n) is 5.17. The van der Waals surface area contributed by atoms with Crippen LogP contribution in [0.25, 0.3) is 0 Å². The first-order valence-corrected chi connectivity index (χ1v) is 5.17. The SMILES string of the molecule is COc1ccc(N=O)c(Nc2ccccc2)c1. The minimum Gasteiger partial charge on any atom is -0.497 e. The molecule has 4 heteroatoms. The van der Waals surface area contributed by atoms with E-state index in [0.29, 0.717) is 17.1 Å². The Kier molecular flexibility index (Phi) is 3.35. The summed E-state index contributed by atoms with van der Waals surface area (Å²) in [5.41, 5.74) is 1.88. The third-order valence-electron chi connectivity index (χ3n) is 2.35. The predicted octanol–water partition coefficient (Wildman–Crippen LogP) is 3.84. The van der Waals surface area contributed by atoms with E-state index < -0.39 is 0 Å². The highest BCUT2D eigenvalue weighted by molar-refractivity contribution is 5.73. The first-order chi connectivity index (χ1) is 8.33. The van der Waals surface area contributed by atoms with Crippen molar-refractivity contribution in [3.05, 3.63) is 53.4 Å². The molecule has 0 saturated carbocycles. The van der Waals surface area contributed by atoms with Crippen molar-refractivity contribution in [1.82, 2.24) is 0 Å². The molecule has 4 nitrogen and oxygen atoms in total. The fraction of sp³-hybridized carbons (Fsp3) is 0.0769. The van der Waals surface area contributed by atoms with Crippen LogP contribution < -0.4 is 10.1 Å². The summed E-state index contributed by atoms with van der Waals surface area (Å²) in [6.07, 6.45) is 0. The van der Waals surface area contributed by atoms with Crippen LogP contribution in [0, 0.1) is 4.91 Å². The maximum Gasteiger partial charge on any atom is 0.131 e. The van der Waals surface area contributed by atoms with E-state index in [2.05, 4.69) is 10.5 Å². The average Bonchev–Trinajstić information content (AvgIpc) is 2.40. The molecule has 0 amide bonds. The van der Waals surface area contributed by atoms with Gasteiger partial charge in [0, 0.05) is 11.8 Å². The molecule has 0 fully saturated rings. The molecule has 2 aromatic carbocycles. The smallest absolute Gasteiger partial charge is 0.131 e. The lowest BCUT2D eigenvalue weighted by Crippen LogP contribution is -1.91. The van der Waals surface area contributed by atoms with Gasteiger partial charge in [0.05, 0.1) is 12.8 Å². The van der Waals surface area contributed by atoms with E-state index in [1.807, 2.05) is 30.3 Å². The second-order valence-electron chi connectivity index (χ2n) is 3.47. The van der Waals surface area contributed by atoms with E-state index in [0.717, 1.165) is 5.69 Å². The normalized spacial score (nSPS) is 9.71. The lowest BCUT2D eigenvalue weighted by atomic mass is 10.2. The zero-order valence-corrected chi connectivity index (χ0v) is 9.38. The van der Waals surface area contributed by atoms with E-state index >= 15 is 0 Å². The fourth-order valence-corrected chi connectivity index (χ4v) is 1.50. The monoisotopic (exact) mass is 228 g/mol. The van der Waals surface area contributed by atoms with Crippen LogP contribution >= 0.6 is 0 Å². The minimum atomic E-state index is 0.356. The molecule has 0 aliphatic carbocycles. The molecule has 0 aliphatic heterocycles. The number of para-hydroxylation sites is 1. The molecule has 0 atom stereocenters. The summed E-state index contributed by atoms with van der Waals surface area (Å²) in [6, 6.07) is 14.6. The number of rotatable bonds is 4. The van der Waals surface area contributed by atoms with E-state index in [1.54, 1.807) is 25.3 Å². The number of nitroso groups, excluding NO2 is 1. The van der Waals surface area contributed by atoms with Crippen molar-refractivity contribution in [2.24, 2.45) is 5.18 Å². The second kappa shape index (κ2) is 5.12. The number of nitrogens with one attached hydrogen (secondary N) is 1. The van der Waals surface area contributed by atoms with Crippen LogP contribution in [-0.2, 0) is 0 Å². The molecule has 2 rings (SSSR count). The summed E-state index contributed by atoms with van der Waals surface area (Å²) in [5.74, 6) is 0.677. The summed E-state index contributed by atoms with van der Waals surface area (Å²) in [6.45, 7) is 0. The third kappa shape index (κ3) is 2.60. The van der Waals surface area contributed by atoms with Crippen molar-refractivity contribution in [2.75, 3.05) is 12.4 Å². The van der Waals surface area contributed by atoms with Gasteiger partial charge < -0.3 is 10.1 Å². The standard InChI is InChI=1S/C13H12N2O2/c1-17-11-7-8-12(15-16)13(9-11)14-10-5-3-2-4-6-10/h2-9,14H,1H3. The molecule has 0 radical (unpaired) electrons. The van der Waals surface area contributed by atoms with Crippen molar-refractivity contribution < 1.29 is 4.74 Å². The molecular formula is C13H12N2O2. The molecule has 0 aromatic heterocycles. The Morgan fingerprint density at radius 1 is 1.12 bits per heavy atom. The van der Waals surface area contributed by atoms with Crippen molar-refractivity contribution in [1.29, 1.82) is 0 Å². The highest BCUT2D eigenvalue weighted by Gasteiger charge is 2.05. The molecule has 1 N–H and O–H groups in total. The number of benzene rings is 2. The maximum absolute atomic E-state index is 10.7. The van der Waals surface area contributed by atoms with Crippen molar-refractivity contribution in [3.63, 3.8) is 0 Å². The van der Waals surface area contributed by atoms with Crippen LogP contribution in [-0.4, -0.2) is 7.11 Å². The van der Waals surface area contributed by atoms with Crippen molar-refractivity contribution in [3.8, 4) is 5.75 Å². The quantitative estimate of drug-likeness (QED) is 0.809. The molecule has 0 unspecified atom stereocenters. The molecule has 2 aromatic rings. The lowest BCUT2D eigenvalue weighted by molar-refractivity contribution is 0.415. The van der Waals surface area contributed by atoms with Crippen LogP contribution in [0.2, 0.25) is 0 Å². The Labute approximate surface area is 99.2 Å². The number of methoxy groups -OCH3 is 1. The van der Waals surface area contributed by atoms with E-state index in [4.69, 9.17) is 4.74 Å². The van der Waals surface area contributed by atoms with Crippen LogP contribution in [0.3, 0.4) is 0 Å². The van der Waals surface area contributed by atoms with Crippen LogP contribution in [0.4, 0.5) is 17.1 Å². The number of hydrogen-bond acceptors (Lipinski definition) is 4. The van der Waals surface area contributed by atoms with Gasteiger partial charge in [0.2, 0.25) is 0 Å². The minimum absolute atomic E-state index is 0.356. The Bertz CT molecular complexity index is 512. The van der Waals surface area contributed by atoms with E-state index in [-0.39, 0.29) is 0 Å². The number of nitrogens with zero attached hydrogens (tertiary/aromatic N) is 1. The van der Waals surface area contributed by atoms with Gasteiger partial charge >= 0.3 is 0 Å². The largest absolute Gasteiger partial charge is 0.497 e. The summed E-state index contributed by atoms with van der Waals surface area (Å²) < 4.78 is 5.11. The Morgan fingerprint density at radius 3 is 2.53 bits per heavy atom. The first kappa shape index (κ1) is 11.1. The fourth-order valence-electron chi connectivity index (χ4n) is 1.50. The Balaban J connectivity index is 2.33. The highest BCUT2D eigenvalue weighted by Crippen LogP contribution is 2.31. The zero-order valence-electron chi connectivity index (χ0n) is 9.38. The molecule has 0 heterocycles. The summed E-state index contributed by atoms with van der Waals surface area (Å²) in [4.78, 5) is 10.7. The summed E-state index contributed by atoms with van der Waals surface area (Å²) in [5, 5.41) is 6.10. The van der Waals surface area contributed by atoms with Gasteiger partial charge in [-0.15, -0.1) is 4.91 Å². The Morgan fingerprint density at radius 2 is 1.88 bits per heavy atom. The molecule has 17 heavy (non-hydrogen) atoms. The zero-order chi connectivity index (χ0) is 12.1. The average molecular weight is 228 g/mol. The molecular weight excluding hydrogens is 216 g/mol. The van der Waals surface area contributed by atoms with Gasteiger partial charge in [-0.2, -0.15) is 0 Å². The number of ether oxygens (including phenoxy) is 1. The van der Waals surface area contributed by atoms with Gasteiger partial charge in [-0.25, -0.2) is 0 Å². The van der Waals surface area contributed by atoms with E-state index in [1.165, 1.54) is 0 Å². The molecule has 0 saturated heterocycles. The van der Waals surface area contributed by atoms with Crippen molar-refractivity contribution in [2.45, 2.75) is 0 Å². The van der Waals surface area contributed by atoms with Crippen LogP contribution in [0.1, 0.15) is 0 Å². The maximum atomic E-state index is 10.7. The molecule has 0 aliphatic rings. The van der Waals surface area contributed by atoms with Crippen LogP contribution in [0.5, 0.6) is 5.75 Å². The van der Waals surface area contributed by atoms with Gasteiger partial charge in [-0.1, -0.05) is 18.2 Å². The molecule has 0 bridgehead atoms. The van der Waals surface area contributed by atoms with Gasteiger partial charge in [0.1, 0.15) is 11.4 Å². The molecule has 86 valence electrons. The predicted molar refractivity (Wildman–Crippen MR) is 68.2 cm³/mol. The van der Waals surface area contributed by atoms with Gasteiger partial charge in [0.25, 0.3) is 0 Å². The Hall–Kier alpha value is -2.36. The topological polar surface area (TPSA) is 50.7 Å². The molecule has 0 spiro atoms. The summed E-state index contributed by atoms with van der Waals surface area (Å²) in [7, 11) is 1.58. The summed E-state index contributed by atoms with van der Waals surface area (Å²) >= 11 is 0. The van der Waals surface area contributed by atoms with Gasteiger partial charge in [0.15, 0.2) is 0 Å². The van der Waals surface area contributed by atoms with E-state index in [9.17, 15) is 4.91 Å². The number of hydrogen-bond donors (Lipinski definition) is 1. The second-order valence-corrected chi connectivity index (χ2v) is 3.47. The highest BCUT2D eigenvalue weighted by atomic mass is 16.5. The van der Waals surface area contributed by atoms with Crippen molar-refractivity contribution >= 4 is 17.1 Å². The lowest BCUT2D eigenvalue weighted by Gasteiger charge is -2.09. The number of anilines is 2. The van der Waals surface area contributed by atoms with Gasteiger partial charge in [-0.05, 0) is 29.4 Å².